The molecule has 0 aliphatic carbocycles. The molecule has 0 aliphatic heterocycles. The number of rotatable bonds is 3. The fourth-order valence-corrected chi connectivity index (χ4v) is 0.626. The fourth-order valence-electron chi connectivity index (χ4n) is 0.626. The van der Waals surface area contributed by atoms with Crippen molar-refractivity contribution >= 4 is 0 Å². The molecule has 0 fully saturated rings. The molecule has 0 spiro atoms. The molecule has 1 rings (SSSR count). The second-order valence-corrected chi connectivity index (χ2v) is 1.88. The summed E-state index contributed by atoms with van der Waals surface area (Å²) < 4.78 is 1.66. The molecule has 0 amide bonds. The van der Waals surface area contributed by atoms with Gasteiger partial charge in [0.1, 0.15) is 6.33 Å². The van der Waals surface area contributed by atoms with Crippen molar-refractivity contribution in [2.45, 2.75) is 19.4 Å². The third kappa shape index (κ3) is 1.86. The van der Waals surface area contributed by atoms with Crippen molar-refractivity contribution in [1.82, 2.24) is 20.2 Å². The van der Waals surface area contributed by atoms with Crippen molar-refractivity contribution in [3.63, 3.8) is 0 Å². The molecule has 0 N–H and O–H groups in total. The first-order valence-corrected chi connectivity index (χ1v) is 3.07. The summed E-state index contributed by atoms with van der Waals surface area (Å²) in [6.07, 6.45) is 8.35. The molecular weight excluding hydrogens is 128 g/mol. The highest BCUT2D eigenvalue weighted by Gasteiger charge is 1.89. The van der Waals surface area contributed by atoms with E-state index in [2.05, 4.69) is 21.4 Å². The predicted octanol–water partition coefficient (Wildman–Crippen LogP) is 0.0865. The van der Waals surface area contributed by atoms with Crippen LogP contribution in [0, 0.1) is 12.3 Å². The molecule has 1 heterocycles. The summed E-state index contributed by atoms with van der Waals surface area (Å²) in [7, 11) is 0. The van der Waals surface area contributed by atoms with Crippen LogP contribution in [0.5, 0.6) is 0 Å². The molecule has 4 nitrogen and oxygen atoms in total. The van der Waals surface area contributed by atoms with Gasteiger partial charge in [0.15, 0.2) is 0 Å². The Hall–Kier alpha value is -1.37. The maximum atomic E-state index is 5.06. The Morgan fingerprint density at radius 2 is 2.50 bits per heavy atom. The maximum absolute atomic E-state index is 5.06. The smallest absolute Gasteiger partial charge is 0.138 e. The lowest BCUT2D eigenvalue weighted by molar-refractivity contribution is 0.565. The van der Waals surface area contributed by atoms with Gasteiger partial charge in [0.25, 0.3) is 0 Å². The predicted molar refractivity (Wildman–Crippen MR) is 35.9 cm³/mol. The molecule has 0 saturated carbocycles. The van der Waals surface area contributed by atoms with Crippen molar-refractivity contribution in [2.75, 3.05) is 0 Å². The Morgan fingerprint density at radius 1 is 1.60 bits per heavy atom. The number of aryl methyl sites for hydroxylation is 1. The highest BCUT2D eigenvalue weighted by Crippen LogP contribution is 1.89. The molecule has 4 heteroatoms. The Balaban J connectivity index is 2.23. The van der Waals surface area contributed by atoms with E-state index >= 15 is 0 Å². The Labute approximate surface area is 59.2 Å². The summed E-state index contributed by atoms with van der Waals surface area (Å²) in [4.78, 5) is 0. The third-order valence-corrected chi connectivity index (χ3v) is 1.10. The molecule has 1 aromatic rings. The van der Waals surface area contributed by atoms with E-state index in [0.717, 1.165) is 19.4 Å². The standard InChI is InChI=1S/C6H8N4/c1-2-3-4-5-10-6-7-8-9-10/h1,6H,3-5H2. The summed E-state index contributed by atoms with van der Waals surface area (Å²) in [5.41, 5.74) is 0. The molecule has 1 aromatic heterocycles. The van der Waals surface area contributed by atoms with Gasteiger partial charge < -0.3 is 0 Å². The normalized spacial score (nSPS) is 9.10. The zero-order chi connectivity index (χ0) is 7.23. The lowest BCUT2D eigenvalue weighted by atomic mass is 10.3. The van der Waals surface area contributed by atoms with Crippen LogP contribution in [0.1, 0.15) is 12.8 Å². The van der Waals surface area contributed by atoms with Crippen molar-refractivity contribution in [3.05, 3.63) is 6.33 Å². The lowest BCUT2D eigenvalue weighted by Crippen LogP contribution is -1.97. The highest BCUT2D eigenvalue weighted by atomic mass is 15.5. The summed E-state index contributed by atoms with van der Waals surface area (Å²) in [5.74, 6) is 2.55. The zero-order valence-corrected chi connectivity index (χ0v) is 5.56. The lowest BCUT2D eigenvalue weighted by Gasteiger charge is -1.92. The summed E-state index contributed by atoms with van der Waals surface area (Å²) in [6, 6.07) is 0. The Morgan fingerprint density at radius 3 is 3.10 bits per heavy atom. The first kappa shape index (κ1) is 6.75. The number of tetrazole rings is 1. The van der Waals surface area contributed by atoms with Gasteiger partial charge in [-0.25, -0.2) is 4.68 Å². The number of hydrogen-bond donors (Lipinski definition) is 0. The largest absolute Gasteiger partial charge is 0.232 e. The monoisotopic (exact) mass is 136 g/mol. The average Bonchev–Trinajstić information content (AvgIpc) is 2.41. The molecule has 10 heavy (non-hydrogen) atoms. The first-order chi connectivity index (χ1) is 4.93. The van der Waals surface area contributed by atoms with Crippen LogP contribution in [0.3, 0.4) is 0 Å². The average molecular weight is 136 g/mol. The molecule has 0 aliphatic rings. The van der Waals surface area contributed by atoms with Gasteiger partial charge in [-0.05, 0) is 16.8 Å². The topological polar surface area (TPSA) is 43.6 Å². The van der Waals surface area contributed by atoms with E-state index < -0.39 is 0 Å². The minimum atomic E-state index is 0.778. The number of terminal acetylenes is 1. The van der Waals surface area contributed by atoms with E-state index in [1.54, 1.807) is 11.0 Å². The number of unbranched alkanes of at least 4 members (excludes halogenated alkanes) is 1. The molecule has 0 aromatic carbocycles. The number of aromatic nitrogens is 4. The SMILES string of the molecule is C#CCCCn1cnnn1. The second kappa shape index (κ2) is 3.62. The molecule has 0 atom stereocenters. The van der Waals surface area contributed by atoms with Crippen LogP contribution < -0.4 is 0 Å². The van der Waals surface area contributed by atoms with Crippen LogP contribution >= 0.6 is 0 Å². The fraction of sp³-hybridized carbons (Fsp3) is 0.500. The number of nitrogens with zero attached hydrogens (tertiary/aromatic N) is 4. The molecule has 52 valence electrons. The van der Waals surface area contributed by atoms with Crippen molar-refractivity contribution < 1.29 is 0 Å². The van der Waals surface area contributed by atoms with Crippen LogP contribution in [0.2, 0.25) is 0 Å². The molecule has 0 saturated heterocycles. The van der Waals surface area contributed by atoms with Crippen LogP contribution in [0.4, 0.5) is 0 Å². The highest BCUT2D eigenvalue weighted by molar-refractivity contribution is 4.82. The van der Waals surface area contributed by atoms with E-state index in [-0.39, 0.29) is 0 Å². The van der Waals surface area contributed by atoms with Crippen LogP contribution in [-0.2, 0) is 6.54 Å². The minimum Gasteiger partial charge on any atom is -0.232 e. The summed E-state index contributed by atoms with van der Waals surface area (Å²) in [6.45, 7) is 0.803. The zero-order valence-electron chi connectivity index (χ0n) is 5.56. The van der Waals surface area contributed by atoms with Crippen LogP contribution in [-0.4, -0.2) is 20.2 Å². The van der Waals surface area contributed by atoms with E-state index in [1.807, 2.05) is 0 Å². The summed E-state index contributed by atoms with van der Waals surface area (Å²) >= 11 is 0. The van der Waals surface area contributed by atoms with Gasteiger partial charge in [-0.1, -0.05) is 0 Å². The molecule has 0 bridgehead atoms. The van der Waals surface area contributed by atoms with Gasteiger partial charge in [-0.3, -0.25) is 0 Å². The van der Waals surface area contributed by atoms with Gasteiger partial charge in [0.2, 0.25) is 0 Å². The molecular formula is C6H8N4. The van der Waals surface area contributed by atoms with Crippen molar-refractivity contribution in [1.29, 1.82) is 0 Å². The quantitative estimate of drug-likeness (QED) is 0.437. The van der Waals surface area contributed by atoms with Gasteiger partial charge in [-0.15, -0.1) is 17.4 Å². The third-order valence-electron chi connectivity index (χ3n) is 1.10. The van der Waals surface area contributed by atoms with Crippen molar-refractivity contribution in [3.8, 4) is 12.3 Å². The summed E-state index contributed by atoms with van der Waals surface area (Å²) in [5, 5.41) is 10.6. The van der Waals surface area contributed by atoms with Crippen molar-refractivity contribution in [2.24, 2.45) is 0 Å². The maximum Gasteiger partial charge on any atom is 0.138 e. The Kier molecular flexibility index (Phi) is 2.44. The first-order valence-electron chi connectivity index (χ1n) is 3.07. The van der Waals surface area contributed by atoms with Gasteiger partial charge in [0, 0.05) is 13.0 Å². The minimum absolute atomic E-state index is 0.778. The van der Waals surface area contributed by atoms with Gasteiger partial charge in [-0.2, -0.15) is 0 Å². The van der Waals surface area contributed by atoms with E-state index in [0.29, 0.717) is 0 Å². The van der Waals surface area contributed by atoms with Gasteiger partial charge >= 0.3 is 0 Å². The molecule has 0 radical (unpaired) electrons. The number of hydrogen-bond acceptors (Lipinski definition) is 3. The van der Waals surface area contributed by atoms with E-state index in [4.69, 9.17) is 6.42 Å². The molecule has 0 unspecified atom stereocenters. The van der Waals surface area contributed by atoms with Gasteiger partial charge in [0.05, 0.1) is 0 Å². The Bertz CT molecular complexity index is 208. The van der Waals surface area contributed by atoms with E-state index in [1.165, 1.54) is 0 Å². The second-order valence-electron chi connectivity index (χ2n) is 1.88. The van der Waals surface area contributed by atoms with Crippen LogP contribution in [0.15, 0.2) is 6.33 Å². The van der Waals surface area contributed by atoms with Crippen LogP contribution in [0.25, 0.3) is 0 Å². The van der Waals surface area contributed by atoms with E-state index in [9.17, 15) is 0 Å².